The monoisotopic (exact) mass is 480 g/mol. The number of H-pyrrole nitrogens is 1. The molecule has 2 aliphatic heterocycles. The van der Waals surface area contributed by atoms with Gasteiger partial charge in [-0.2, -0.15) is 4.31 Å². The topological polar surface area (TPSA) is 85.5 Å². The molecule has 7 nitrogen and oxygen atoms in total. The lowest BCUT2D eigenvalue weighted by molar-refractivity contribution is -0.120. The fourth-order valence-electron chi connectivity index (χ4n) is 5.07. The van der Waals surface area contributed by atoms with Crippen molar-refractivity contribution in [2.24, 2.45) is 5.92 Å². The number of carbonyl (C=O) groups is 1. The van der Waals surface area contributed by atoms with Crippen molar-refractivity contribution in [1.29, 1.82) is 0 Å². The number of hydrogen-bond donors (Lipinski definition) is 2. The molecule has 1 amide bonds. The Balaban J connectivity index is 1.10. The number of carbonyl (C=O) groups excluding carboxylic acids is 1. The van der Waals surface area contributed by atoms with E-state index in [-0.39, 0.29) is 5.91 Å². The van der Waals surface area contributed by atoms with Crippen LogP contribution in [0.1, 0.15) is 31.2 Å². The van der Waals surface area contributed by atoms with Gasteiger partial charge < -0.3 is 15.2 Å². The van der Waals surface area contributed by atoms with E-state index in [1.165, 1.54) is 0 Å². The Hall–Kier alpha value is -2.84. The van der Waals surface area contributed by atoms with E-state index in [1.54, 1.807) is 16.4 Å². The predicted octanol–water partition coefficient (Wildman–Crippen LogP) is 3.53. The van der Waals surface area contributed by atoms with Gasteiger partial charge in [0.1, 0.15) is 0 Å². The van der Waals surface area contributed by atoms with E-state index >= 15 is 0 Å². The van der Waals surface area contributed by atoms with Crippen LogP contribution in [0, 0.1) is 5.92 Å². The standard InChI is InChI=1S/C26H32N4O3S/c31-26(17-21-19-27-25-6-2-1-5-24(21)25)28-18-20-11-15-29(16-12-20)22-7-9-23(10-8-22)34(32,33)30-13-3-4-14-30/h1-2,5-10,19-20,27H,3-4,11-18H2,(H,28,31). The Morgan fingerprint density at radius 2 is 1.68 bits per heavy atom. The van der Waals surface area contributed by atoms with E-state index in [9.17, 15) is 13.2 Å². The first kappa shape index (κ1) is 22.9. The molecule has 2 aromatic carbocycles. The maximum Gasteiger partial charge on any atom is 0.243 e. The summed E-state index contributed by atoms with van der Waals surface area (Å²) in [7, 11) is -3.37. The molecular weight excluding hydrogens is 448 g/mol. The molecule has 0 spiro atoms. The van der Waals surface area contributed by atoms with Gasteiger partial charge in [0.25, 0.3) is 0 Å². The molecule has 0 aliphatic carbocycles. The number of fused-ring (bicyclic) bond motifs is 1. The zero-order chi connectivity index (χ0) is 23.5. The number of aromatic amines is 1. The van der Waals surface area contributed by atoms with E-state index in [0.717, 1.165) is 60.9 Å². The SMILES string of the molecule is O=C(Cc1c[nH]c2ccccc12)NCC1CCN(c2ccc(S(=O)(=O)N3CCCC3)cc2)CC1. The number of nitrogens with one attached hydrogen (secondary N) is 2. The van der Waals surface area contributed by atoms with Crippen LogP contribution in [0.2, 0.25) is 0 Å². The molecule has 0 radical (unpaired) electrons. The summed E-state index contributed by atoms with van der Waals surface area (Å²) in [5, 5.41) is 4.22. The number of anilines is 1. The molecular formula is C26H32N4O3S. The Morgan fingerprint density at radius 1 is 0.971 bits per heavy atom. The summed E-state index contributed by atoms with van der Waals surface area (Å²) in [6.07, 6.45) is 6.19. The van der Waals surface area contributed by atoms with Crippen molar-refractivity contribution >= 4 is 32.5 Å². The second-order valence-corrected chi connectivity index (χ2v) is 11.3. The van der Waals surface area contributed by atoms with Gasteiger partial charge in [0.05, 0.1) is 11.3 Å². The minimum atomic E-state index is -3.37. The van der Waals surface area contributed by atoms with Gasteiger partial charge >= 0.3 is 0 Å². The molecule has 0 atom stereocenters. The lowest BCUT2D eigenvalue weighted by Gasteiger charge is -2.33. The largest absolute Gasteiger partial charge is 0.372 e. The average Bonchev–Trinajstić information content (AvgIpc) is 3.55. The van der Waals surface area contributed by atoms with Crippen molar-refractivity contribution in [2.45, 2.75) is 37.0 Å². The summed E-state index contributed by atoms with van der Waals surface area (Å²) in [4.78, 5) is 18.4. The number of para-hydroxylation sites is 1. The van der Waals surface area contributed by atoms with Gasteiger partial charge in [0.15, 0.2) is 0 Å². The maximum atomic E-state index is 12.7. The minimum absolute atomic E-state index is 0.0574. The Bertz CT molecular complexity index is 1240. The number of nitrogens with zero attached hydrogens (tertiary/aromatic N) is 2. The molecule has 0 unspecified atom stereocenters. The van der Waals surface area contributed by atoms with Gasteiger partial charge in [0.2, 0.25) is 15.9 Å². The minimum Gasteiger partial charge on any atom is -0.372 e. The quantitative estimate of drug-likeness (QED) is 0.542. The van der Waals surface area contributed by atoms with Gasteiger partial charge in [-0.15, -0.1) is 0 Å². The van der Waals surface area contributed by atoms with E-state index in [0.29, 0.717) is 36.9 Å². The number of amides is 1. The van der Waals surface area contributed by atoms with E-state index < -0.39 is 10.0 Å². The number of aromatic nitrogens is 1. The van der Waals surface area contributed by atoms with Crippen molar-refractivity contribution in [3.8, 4) is 0 Å². The summed E-state index contributed by atoms with van der Waals surface area (Å²) >= 11 is 0. The zero-order valence-electron chi connectivity index (χ0n) is 19.4. The van der Waals surface area contributed by atoms with Crippen LogP contribution in [-0.4, -0.2) is 56.3 Å². The molecule has 1 aromatic heterocycles. The molecule has 34 heavy (non-hydrogen) atoms. The van der Waals surface area contributed by atoms with Gasteiger partial charge in [-0.25, -0.2) is 8.42 Å². The highest BCUT2D eigenvalue weighted by Gasteiger charge is 2.27. The highest BCUT2D eigenvalue weighted by molar-refractivity contribution is 7.89. The second-order valence-electron chi connectivity index (χ2n) is 9.38. The molecule has 8 heteroatoms. The third-order valence-corrected chi connectivity index (χ3v) is 9.05. The smallest absolute Gasteiger partial charge is 0.243 e. The zero-order valence-corrected chi connectivity index (χ0v) is 20.2. The van der Waals surface area contributed by atoms with Crippen molar-refractivity contribution in [3.63, 3.8) is 0 Å². The molecule has 2 fully saturated rings. The molecule has 180 valence electrons. The van der Waals surface area contributed by atoms with Crippen molar-refractivity contribution in [2.75, 3.05) is 37.6 Å². The third kappa shape index (κ3) is 4.83. The first-order valence-electron chi connectivity index (χ1n) is 12.2. The average molecular weight is 481 g/mol. The summed E-state index contributed by atoms with van der Waals surface area (Å²) in [6.45, 7) is 3.75. The molecule has 2 N–H and O–H groups in total. The summed E-state index contributed by atoms with van der Waals surface area (Å²) < 4.78 is 27.0. The van der Waals surface area contributed by atoms with Gasteiger partial charge in [-0.3, -0.25) is 4.79 Å². The van der Waals surface area contributed by atoms with Crippen molar-refractivity contribution in [1.82, 2.24) is 14.6 Å². The molecule has 0 saturated carbocycles. The molecule has 2 saturated heterocycles. The molecule has 3 aromatic rings. The van der Waals surface area contributed by atoms with Gasteiger partial charge in [0, 0.05) is 55.5 Å². The number of hydrogen-bond acceptors (Lipinski definition) is 4. The van der Waals surface area contributed by atoms with Crippen LogP contribution in [0.25, 0.3) is 10.9 Å². The number of benzene rings is 2. The van der Waals surface area contributed by atoms with E-state index in [1.807, 2.05) is 42.6 Å². The number of rotatable bonds is 7. The van der Waals surface area contributed by atoms with Gasteiger partial charge in [-0.05, 0) is 67.5 Å². The first-order valence-corrected chi connectivity index (χ1v) is 13.6. The third-order valence-electron chi connectivity index (χ3n) is 7.13. The van der Waals surface area contributed by atoms with E-state index in [2.05, 4.69) is 15.2 Å². The lowest BCUT2D eigenvalue weighted by atomic mass is 9.96. The van der Waals surface area contributed by atoms with Gasteiger partial charge in [-0.1, -0.05) is 18.2 Å². The second kappa shape index (κ2) is 9.80. The predicted molar refractivity (Wildman–Crippen MR) is 134 cm³/mol. The fourth-order valence-corrected chi connectivity index (χ4v) is 6.59. The highest BCUT2D eigenvalue weighted by Crippen LogP contribution is 2.26. The van der Waals surface area contributed by atoms with Crippen LogP contribution >= 0.6 is 0 Å². The number of sulfonamides is 1. The molecule has 2 aliphatic rings. The van der Waals surface area contributed by atoms with E-state index in [4.69, 9.17) is 0 Å². The fraction of sp³-hybridized carbons (Fsp3) is 0.423. The summed E-state index contributed by atoms with van der Waals surface area (Å²) in [5.74, 6) is 0.514. The molecule has 0 bridgehead atoms. The lowest BCUT2D eigenvalue weighted by Crippen LogP contribution is -2.39. The first-order chi connectivity index (χ1) is 16.5. The van der Waals surface area contributed by atoms with Crippen LogP contribution in [0.15, 0.2) is 59.6 Å². The Kier molecular flexibility index (Phi) is 6.61. The van der Waals surface area contributed by atoms with Crippen LogP contribution in [-0.2, 0) is 21.2 Å². The molecule has 5 rings (SSSR count). The summed E-state index contributed by atoms with van der Waals surface area (Å²) in [5.41, 5.74) is 3.14. The van der Waals surface area contributed by atoms with Crippen LogP contribution in [0.3, 0.4) is 0 Å². The normalized spacial score (nSPS) is 17.9. The Labute approximate surface area is 201 Å². The van der Waals surface area contributed by atoms with Crippen molar-refractivity contribution in [3.05, 3.63) is 60.3 Å². The molecule has 3 heterocycles. The highest BCUT2D eigenvalue weighted by atomic mass is 32.2. The Morgan fingerprint density at radius 3 is 2.41 bits per heavy atom. The van der Waals surface area contributed by atoms with Crippen LogP contribution in [0.4, 0.5) is 5.69 Å². The summed E-state index contributed by atoms with van der Waals surface area (Å²) in [6, 6.07) is 15.4. The van der Waals surface area contributed by atoms with Crippen LogP contribution in [0.5, 0.6) is 0 Å². The maximum absolute atomic E-state index is 12.7. The number of piperidine rings is 1. The van der Waals surface area contributed by atoms with Crippen molar-refractivity contribution < 1.29 is 13.2 Å². The van der Waals surface area contributed by atoms with Crippen LogP contribution < -0.4 is 10.2 Å².